The van der Waals surface area contributed by atoms with Crippen LogP contribution in [0.1, 0.15) is 34.1 Å². The zero-order valence-electron chi connectivity index (χ0n) is 19.4. The van der Waals surface area contributed by atoms with E-state index in [4.69, 9.17) is 10.5 Å². The molecule has 2 aromatic heterocycles. The minimum Gasteiger partial charge on any atom is -0.383 e. The molecule has 3 heterocycles. The lowest BCUT2D eigenvalue weighted by Gasteiger charge is -2.22. The molecule has 1 aliphatic rings. The third kappa shape index (κ3) is 4.13. The van der Waals surface area contributed by atoms with Crippen LogP contribution in [0.4, 0.5) is 5.82 Å². The lowest BCUT2D eigenvalue weighted by molar-refractivity contribution is -0.127. The minimum atomic E-state index is -0.634. The number of aromatic nitrogens is 4. The maximum absolute atomic E-state index is 12.4. The van der Waals surface area contributed by atoms with E-state index in [9.17, 15) is 9.59 Å². The van der Waals surface area contributed by atoms with Gasteiger partial charge >= 0.3 is 0 Å². The van der Waals surface area contributed by atoms with E-state index in [2.05, 4.69) is 33.8 Å². The van der Waals surface area contributed by atoms with Gasteiger partial charge in [-0.3, -0.25) is 9.59 Å². The number of nitrogens with two attached hydrogens (primary N) is 1. The van der Waals surface area contributed by atoms with Gasteiger partial charge in [-0.05, 0) is 36.6 Å². The summed E-state index contributed by atoms with van der Waals surface area (Å²) in [6, 6.07) is 5.39. The largest absolute Gasteiger partial charge is 0.383 e. The van der Waals surface area contributed by atoms with Crippen molar-refractivity contribution in [3.63, 3.8) is 0 Å². The molecule has 0 bridgehead atoms. The van der Waals surface area contributed by atoms with Crippen molar-refractivity contribution < 1.29 is 14.3 Å². The van der Waals surface area contributed by atoms with Gasteiger partial charge in [0.1, 0.15) is 11.4 Å². The Morgan fingerprint density at radius 2 is 2.18 bits per heavy atom. The Kier molecular flexibility index (Phi) is 6.38. The fraction of sp³-hybridized carbons (Fsp3) is 0.333. The van der Waals surface area contributed by atoms with E-state index in [-0.39, 0.29) is 29.2 Å². The molecule has 4 rings (SSSR count). The monoisotopic (exact) mass is 461 g/mol. The third-order valence-corrected chi connectivity index (χ3v) is 6.00. The summed E-state index contributed by atoms with van der Waals surface area (Å²) in [5.41, 5.74) is 8.76. The molecule has 1 aromatic carbocycles. The van der Waals surface area contributed by atoms with Crippen LogP contribution >= 0.6 is 0 Å². The standard InChI is InChI=1S/C24H27N7O3/c1-5-21(32)30-12-16(11-17(30)13-34-4)31-24(26-2)22(23(25)33)18(28-31)8-6-15-7-9-20-19(10-15)27-14-29(20)3/h5,7,9-10,14,16-17,26H,1,11-13H2,2-4H3,(H2,25,33)/t16-,17+/m0/s1. The molecule has 3 N–H and O–H groups in total. The molecule has 10 heteroatoms. The van der Waals surface area contributed by atoms with Gasteiger partial charge in [-0.15, -0.1) is 0 Å². The number of nitrogens with zero attached hydrogens (tertiary/aromatic N) is 5. The Hall–Kier alpha value is -4.10. The van der Waals surface area contributed by atoms with Crippen molar-refractivity contribution in [2.45, 2.75) is 18.5 Å². The molecule has 0 unspecified atom stereocenters. The van der Waals surface area contributed by atoms with Gasteiger partial charge < -0.3 is 25.3 Å². The number of hydrogen-bond acceptors (Lipinski definition) is 6. The van der Waals surface area contributed by atoms with Crippen molar-refractivity contribution >= 4 is 28.7 Å². The summed E-state index contributed by atoms with van der Waals surface area (Å²) in [6.07, 6.45) is 3.63. The lowest BCUT2D eigenvalue weighted by atomic mass is 10.1. The molecule has 10 nitrogen and oxygen atoms in total. The lowest BCUT2D eigenvalue weighted by Crippen LogP contribution is -2.37. The summed E-state index contributed by atoms with van der Waals surface area (Å²) in [5.74, 6) is 5.73. The molecule has 0 spiro atoms. The van der Waals surface area contributed by atoms with Crippen LogP contribution in [0.3, 0.4) is 0 Å². The second-order valence-electron chi connectivity index (χ2n) is 8.13. The van der Waals surface area contributed by atoms with E-state index >= 15 is 0 Å². The molecule has 0 saturated carbocycles. The quantitative estimate of drug-likeness (QED) is 0.422. The summed E-state index contributed by atoms with van der Waals surface area (Å²) in [4.78, 5) is 30.8. The van der Waals surface area contributed by atoms with Gasteiger partial charge in [0.15, 0.2) is 5.69 Å². The highest BCUT2D eigenvalue weighted by molar-refractivity contribution is 6.00. The maximum atomic E-state index is 12.4. The number of rotatable bonds is 6. The number of amides is 2. The summed E-state index contributed by atoms with van der Waals surface area (Å²) in [5, 5.41) is 7.67. The van der Waals surface area contributed by atoms with E-state index in [1.165, 1.54) is 6.08 Å². The summed E-state index contributed by atoms with van der Waals surface area (Å²) < 4.78 is 8.93. The van der Waals surface area contributed by atoms with Crippen LogP contribution in [0, 0.1) is 11.8 Å². The minimum absolute atomic E-state index is 0.133. The van der Waals surface area contributed by atoms with Crippen LogP contribution in [0.15, 0.2) is 37.2 Å². The highest BCUT2D eigenvalue weighted by Crippen LogP contribution is 2.32. The smallest absolute Gasteiger partial charge is 0.255 e. The molecular weight excluding hydrogens is 434 g/mol. The first-order chi connectivity index (χ1) is 16.4. The molecule has 0 aliphatic carbocycles. The number of aryl methyl sites for hydroxylation is 1. The number of methoxy groups -OCH3 is 1. The fourth-order valence-electron chi connectivity index (χ4n) is 4.41. The first-order valence-electron chi connectivity index (χ1n) is 10.8. The number of nitrogens with one attached hydrogen (secondary N) is 1. The van der Waals surface area contributed by atoms with Crippen molar-refractivity contribution in [2.75, 3.05) is 32.6 Å². The number of anilines is 1. The van der Waals surface area contributed by atoms with Gasteiger partial charge in [-0.2, -0.15) is 5.10 Å². The highest BCUT2D eigenvalue weighted by atomic mass is 16.5. The number of carbonyl (C=O) groups is 2. The number of benzene rings is 1. The average molecular weight is 462 g/mol. The molecular formula is C24H27N7O3. The van der Waals surface area contributed by atoms with Gasteiger partial charge in [0.25, 0.3) is 5.91 Å². The van der Waals surface area contributed by atoms with Gasteiger partial charge in [0.05, 0.1) is 36.1 Å². The predicted octanol–water partition coefficient (Wildman–Crippen LogP) is 1.28. The molecule has 1 fully saturated rings. The second-order valence-corrected chi connectivity index (χ2v) is 8.13. The van der Waals surface area contributed by atoms with Gasteiger partial charge in [-0.1, -0.05) is 12.5 Å². The zero-order valence-corrected chi connectivity index (χ0v) is 19.4. The summed E-state index contributed by atoms with van der Waals surface area (Å²) in [6.45, 7) is 4.38. The van der Waals surface area contributed by atoms with Crippen molar-refractivity contribution in [3.8, 4) is 11.8 Å². The first kappa shape index (κ1) is 23.1. The predicted molar refractivity (Wildman–Crippen MR) is 128 cm³/mol. The number of imidazole rings is 1. The molecule has 2 amide bonds. The first-order valence-corrected chi connectivity index (χ1v) is 10.8. The molecule has 2 atom stereocenters. The van der Waals surface area contributed by atoms with Gasteiger partial charge in [0.2, 0.25) is 5.91 Å². The topological polar surface area (TPSA) is 120 Å². The number of hydrogen-bond donors (Lipinski definition) is 2. The second kappa shape index (κ2) is 9.41. The van der Waals surface area contributed by atoms with Crippen LogP contribution in [0.5, 0.6) is 0 Å². The van der Waals surface area contributed by atoms with E-state index < -0.39 is 5.91 Å². The number of likely N-dealkylation sites (tertiary alicyclic amines) is 1. The van der Waals surface area contributed by atoms with Crippen LogP contribution in [0.2, 0.25) is 0 Å². The number of carbonyl (C=O) groups excluding carboxylic acids is 2. The van der Waals surface area contributed by atoms with Crippen LogP contribution in [-0.4, -0.2) is 69.4 Å². The van der Waals surface area contributed by atoms with E-state index in [0.717, 1.165) is 16.6 Å². The Bertz CT molecular complexity index is 1330. The zero-order chi connectivity index (χ0) is 24.4. The van der Waals surface area contributed by atoms with Crippen molar-refractivity contribution in [3.05, 3.63) is 54.0 Å². The third-order valence-electron chi connectivity index (χ3n) is 6.00. The highest BCUT2D eigenvalue weighted by Gasteiger charge is 2.37. The fourth-order valence-corrected chi connectivity index (χ4v) is 4.41. The van der Waals surface area contributed by atoms with Crippen LogP contribution < -0.4 is 11.1 Å². The van der Waals surface area contributed by atoms with Crippen molar-refractivity contribution in [1.29, 1.82) is 0 Å². The number of fused-ring (bicyclic) bond motifs is 1. The molecule has 34 heavy (non-hydrogen) atoms. The Morgan fingerprint density at radius 1 is 1.38 bits per heavy atom. The molecule has 176 valence electrons. The van der Waals surface area contributed by atoms with Crippen LogP contribution in [-0.2, 0) is 16.6 Å². The Labute approximate surface area is 197 Å². The van der Waals surface area contributed by atoms with Crippen LogP contribution in [0.25, 0.3) is 11.0 Å². The van der Waals surface area contributed by atoms with Crippen molar-refractivity contribution in [2.24, 2.45) is 12.8 Å². The Balaban J connectivity index is 1.72. The van der Waals surface area contributed by atoms with E-state index in [0.29, 0.717) is 25.4 Å². The molecule has 0 radical (unpaired) electrons. The van der Waals surface area contributed by atoms with E-state index in [1.807, 2.05) is 29.8 Å². The van der Waals surface area contributed by atoms with E-state index in [1.54, 1.807) is 30.1 Å². The Morgan fingerprint density at radius 3 is 2.85 bits per heavy atom. The number of ether oxygens (including phenoxy) is 1. The SMILES string of the molecule is C=CC(=O)N1C[C@@H](n2nc(C#Cc3ccc4c(c3)ncn4C)c(C(N)=O)c2NC)C[C@@H]1COC. The summed E-state index contributed by atoms with van der Waals surface area (Å²) >= 11 is 0. The maximum Gasteiger partial charge on any atom is 0.255 e. The van der Waals surface area contributed by atoms with Gasteiger partial charge in [0, 0.05) is 33.3 Å². The van der Waals surface area contributed by atoms with Gasteiger partial charge in [-0.25, -0.2) is 9.67 Å². The molecule has 1 saturated heterocycles. The average Bonchev–Trinajstić information content (AvgIpc) is 3.52. The molecule has 3 aromatic rings. The molecule has 1 aliphatic heterocycles. The summed E-state index contributed by atoms with van der Waals surface area (Å²) in [7, 11) is 5.22. The number of primary amides is 1. The normalized spacial score (nSPS) is 17.4. The van der Waals surface area contributed by atoms with Crippen molar-refractivity contribution in [1.82, 2.24) is 24.2 Å².